The van der Waals surface area contributed by atoms with Crippen molar-refractivity contribution in [3.8, 4) is 0 Å². The maximum absolute atomic E-state index is 12.3. The molecular weight excluding hydrogens is 250 g/mol. The molecule has 1 aromatic rings. The van der Waals surface area contributed by atoms with Crippen LogP contribution < -0.4 is 10.2 Å². The molecule has 0 radical (unpaired) electrons. The topological polar surface area (TPSA) is 35.6 Å². The Hall–Kier alpha value is -1.55. The summed E-state index contributed by atoms with van der Waals surface area (Å²) in [6.45, 7) is 2.15. The summed E-state index contributed by atoms with van der Waals surface area (Å²) in [4.78, 5) is 16.8. The fraction of sp³-hybridized carbons (Fsp3) is 0.562. The van der Waals surface area contributed by atoms with Crippen molar-refractivity contribution >= 4 is 11.6 Å². The first-order valence-corrected chi connectivity index (χ1v) is 7.46. The van der Waals surface area contributed by atoms with Crippen LogP contribution in [0.5, 0.6) is 0 Å². The predicted octanol–water partition coefficient (Wildman–Crippen LogP) is 1.72. The lowest BCUT2D eigenvalue weighted by Gasteiger charge is -2.17. The van der Waals surface area contributed by atoms with Gasteiger partial charge in [-0.05, 0) is 37.5 Å². The van der Waals surface area contributed by atoms with Gasteiger partial charge in [-0.25, -0.2) is 0 Å². The van der Waals surface area contributed by atoms with Gasteiger partial charge in [-0.3, -0.25) is 9.69 Å². The molecule has 0 aromatic heterocycles. The zero-order valence-electron chi connectivity index (χ0n) is 12.3. The number of nitrogens with one attached hydrogen (secondary N) is 1. The summed E-state index contributed by atoms with van der Waals surface area (Å²) >= 11 is 0. The number of amides is 1. The minimum Gasteiger partial charge on any atom is -0.378 e. The summed E-state index contributed by atoms with van der Waals surface area (Å²) in [5, 5.41) is 3.17. The van der Waals surface area contributed by atoms with Crippen LogP contribution in [0.3, 0.4) is 0 Å². The second-order valence-electron chi connectivity index (χ2n) is 6.13. The van der Waals surface area contributed by atoms with Crippen LogP contribution in [0.1, 0.15) is 29.6 Å². The van der Waals surface area contributed by atoms with Crippen LogP contribution in [-0.4, -0.2) is 50.1 Å². The van der Waals surface area contributed by atoms with E-state index in [-0.39, 0.29) is 5.91 Å². The maximum Gasteiger partial charge on any atom is 0.251 e. The molecule has 3 rings (SSSR count). The lowest BCUT2D eigenvalue weighted by atomic mass is 10.1. The Kier molecular flexibility index (Phi) is 3.66. The van der Waals surface area contributed by atoms with Gasteiger partial charge in [0.05, 0.1) is 0 Å². The van der Waals surface area contributed by atoms with Gasteiger partial charge >= 0.3 is 0 Å². The molecule has 2 fully saturated rings. The molecule has 1 saturated carbocycles. The quantitative estimate of drug-likeness (QED) is 0.907. The van der Waals surface area contributed by atoms with Crippen molar-refractivity contribution in [3.05, 3.63) is 29.8 Å². The van der Waals surface area contributed by atoms with Crippen molar-refractivity contribution in [2.75, 3.05) is 32.1 Å². The highest BCUT2D eigenvalue weighted by molar-refractivity contribution is 5.95. The highest BCUT2D eigenvalue weighted by Crippen LogP contribution is 2.29. The predicted molar refractivity (Wildman–Crippen MR) is 81.2 cm³/mol. The van der Waals surface area contributed by atoms with Gasteiger partial charge in [-0.15, -0.1) is 0 Å². The van der Waals surface area contributed by atoms with Crippen LogP contribution in [-0.2, 0) is 0 Å². The summed E-state index contributed by atoms with van der Waals surface area (Å²) < 4.78 is 0. The molecular formula is C16H23N3O. The average molecular weight is 273 g/mol. The molecule has 1 saturated heterocycles. The van der Waals surface area contributed by atoms with Gasteiger partial charge in [-0.2, -0.15) is 0 Å². The minimum absolute atomic E-state index is 0.0522. The largest absolute Gasteiger partial charge is 0.378 e. The highest BCUT2D eigenvalue weighted by atomic mass is 16.1. The molecule has 2 aliphatic rings. The first kappa shape index (κ1) is 13.4. The number of rotatable bonds is 4. The molecule has 1 heterocycles. The summed E-state index contributed by atoms with van der Waals surface area (Å²) in [5.41, 5.74) is 1.81. The fourth-order valence-corrected chi connectivity index (χ4v) is 2.87. The molecule has 1 N–H and O–H groups in total. The molecule has 0 bridgehead atoms. The molecule has 1 aliphatic heterocycles. The van der Waals surface area contributed by atoms with Crippen LogP contribution in [0.2, 0.25) is 0 Å². The third-order valence-electron chi connectivity index (χ3n) is 4.24. The Morgan fingerprint density at radius 3 is 2.80 bits per heavy atom. The van der Waals surface area contributed by atoms with Gasteiger partial charge in [0.15, 0.2) is 0 Å². The number of benzene rings is 1. The van der Waals surface area contributed by atoms with E-state index >= 15 is 0 Å². The molecule has 1 aromatic carbocycles. The first-order valence-electron chi connectivity index (χ1n) is 7.46. The molecule has 0 unspecified atom stereocenters. The summed E-state index contributed by atoms with van der Waals surface area (Å²) in [7, 11) is 3.98. The smallest absolute Gasteiger partial charge is 0.251 e. The van der Waals surface area contributed by atoms with E-state index in [1.807, 2.05) is 43.3 Å². The molecule has 0 spiro atoms. The van der Waals surface area contributed by atoms with Gasteiger partial charge in [0.2, 0.25) is 0 Å². The van der Waals surface area contributed by atoms with Gasteiger partial charge in [0, 0.05) is 50.5 Å². The Bertz CT molecular complexity index is 496. The van der Waals surface area contributed by atoms with E-state index in [1.165, 1.54) is 12.8 Å². The monoisotopic (exact) mass is 273 g/mol. The number of likely N-dealkylation sites (tertiary alicyclic amines) is 1. The van der Waals surface area contributed by atoms with E-state index in [2.05, 4.69) is 10.2 Å². The van der Waals surface area contributed by atoms with Crippen molar-refractivity contribution in [2.45, 2.75) is 31.3 Å². The third kappa shape index (κ3) is 2.96. The van der Waals surface area contributed by atoms with Crippen molar-refractivity contribution in [1.29, 1.82) is 0 Å². The summed E-state index contributed by atoms with van der Waals surface area (Å²) in [6, 6.07) is 8.90. The first-order chi connectivity index (χ1) is 9.63. The van der Waals surface area contributed by atoms with E-state index in [0.29, 0.717) is 6.04 Å². The number of carbonyl (C=O) groups excluding carboxylic acids is 1. The van der Waals surface area contributed by atoms with Gasteiger partial charge in [0.25, 0.3) is 5.91 Å². The van der Waals surface area contributed by atoms with Crippen LogP contribution in [0, 0.1) is 0 Å². The van der Waals surface area contributed by atoms with E-state index in [9.17, 15) is 4.79 Å². The second kappa shape index (κ2) is 5.44. The van der Waals surface area contributed by atoms with Crippen molar-refractivity contribution in [2.24, 2.45) is 0 Å². The number of nitrogens with zero attached hydrogens (tertiary/aromatic N) is 2. The molecule has 1 amide bonds. The Morgan fingerprint density at radius 2 is 2.10 bits per heavy atom. The van der Waals surface area contributed by atoms with Gasteiger partial charge < -0.3 is 10.2 Å². The Labute approximate surface area is 120 Å². The van der Waals surface area contributed by atoms with Crippen LogP contribution in [0.25, 0.3) is 0 Å². The number of hydrogen-bond donors (Lipinski definition) is 1. The SMILES string of the molecule is CN(C)c1cccc(C(=O)N[C@H]2CCN(C3CC3)C2)c1. The molecule has 4 heteroatoms. The van der Waals surface area contributed by atoms with Crippen LogP contribution >= 0.6 is 0 Å². The molecule has 1 atom stereocenters. The highest BCUT2D eigenvalue weighted by Gasteiger charge is 2.34. The van der Waals surface area contributed by atoms with E-state index < -0.39 is 0 Å². The Morgan fingerprint density at radius 1 is 1.30 bits per heavy atom. The lowest BCUT2D eigenvalue weighted by molar-refractivity contribution is 0.0937. The lowest BCUT2D eigenvalue weighted by Crippen LogP contribution is -2.37. The number of hydrogen-bond acceptors (Lipinski definition) is 3. The standard InChI is InChI=1S/C16H23N3O/c1-18(2)15-5-3-4-12(10-15)16(20)17-13-8-9-19(11-13)14-6-7-14/h3-5,10,13-14H,6-9,11H2,1-2H3,(H,17,20)/t13-/m0/s1. The average Bonchev–Trinajstić information content (AvgIpc) is 3.20. The summed E-state index contributed by atoms with van der Waals surface area (Å²) in [5.74, 6) is 0.0522. The minimum atomic E-state index is 0.0522. The van der Waals surface area contributed by atoms with Crippen molar-refractivity contribution in [3.63, 3.8) is 0 Å². The van der Waals surface area contributed by atoms with E-state index in [1.54, 1.807) is 0 Å². The molecule has 4 nitrogen and oxygen atoms in total. The van der Waals surface area contributed by atoms with Crippen molar-refractivity contribution in [1.82, 2.24) is 10.2 Å². The van der Waals surface area contributed by atoms with Crippen LogP contribution in [0.4, 0.5) is 5.69 Å². The van der Waals surface area contributed by atoms with Gasteiger partial charge in [0.1, 0.15) is 0 Å². The summed E-state index contributed by atoms with van der Waals surface area (Å²) in [6.07, 6.45) is 3.76. The van der Waals surface area contributed by atoms with E-state index in [0.717, 1.165) is 36.8 Å². The molecule has 1 aliphatic carbocycles. The molecule has 20 heavy (non-hydrogen) atoms. The second-order valence-corrected chi connectivity index (χ2v) is 6.13. The van der Waals surface area contributed by atoms with Crippen molar-refractivity contribution < 1.29 is 4.79 Å². The van der Waals surface area contributed by atoms with E-state index in [4.69, 9.17) is 0 Å². The third-order valence-corrected chi connectivity index (χ3v) is 4.24. The number of carbonyl (C=O) groups is 1. The molecule has 108 valence electrons. The van der Waals surface area contributed by atoms with Crippen LogP contribution in [0.15, 0.2) is 24.3 Å². The maximum atomic E-state index is 12.3. The number of anilines is 1. The zero-order chi connectivity index (χ0) is 14.1. The zero-order valence-corrected chi connectivity index (χ0v) is 12.3. The Balaban J connectivity index is 1.60. The van der Waals surface area contributed by atoms with Gasteiger partial charge in [-0.1, -0.05) is 6.07 Å². The normalized spacial score (nSPS) is 22.8. The fourth-order valence-electron chi connectivity index (χ4n) is 2.87.